The number of halogens is 1. The third-order valence-corrected chi connectivity index (χ3v) is 4.61. The molecule has 3 rings (SSSR count). The topological polar surface area (TPSA) is 23.5 Å². The normalized spacial score (nSPS) is 16.3. The Kier molecular flexibility index (Phi) is 3.29. The summed E-state index contributed by atoms with van der Waals surface area (Å²) in [5.74, 6) is -0.298. The van der Waals surface area contributed by atoms with E-state index in [-0.39, 0.29) is 5.82 Å². The van der Waals surface area contributed by atoms with Gasteiger partial charge in [-0.05, 0) is 48.6 Å². The highest BCUT2D eigenvalue weighted by Crippen LogP contribution is 2.32. The molecule has 1 atom stereocenters. The summed E-state index contributed by atoms with van der Waals surface area (Å²) >= 11 is 1.80. The van der Waals surface area contributed by atoms with Crippen molar-refractivity contribution in [2.45, 2.75) is 26.0 Å². The molecule has 0 aliphatic carbocycles. The van der Waals surface area contributed by atoms with Crippen molar-refractivity contribution in [3.63, 3.8) is 0 Å². The van der Waals surface area contributed by atoms with Gasteiger partial charge >= 0.3 is 0 Å². The predicted octanol–water partition coefficient (Wildman–Crippen LogP) is 3.50. The zero-order valence-corrected chi connectivity index (χ0v) is 11.6. The minimum atomic E-state index is -0.658. The number of nitrogens with zero attached hydrogens (tertiary/aromatic N) is 1. The van der Waals surface area contributed by atoms with E-state index < -0.39 is 6.10 Å². The summed E-state index contributed by atoms with van der Waals surface area (Å²) in [4.78, 5) is 3.66. The van der Waals surface area contributed by atoms with Crippen LogP contribution in [0.2, 0.25) is 0 Å². The average molecular weight is 277 g/mol. The minimum Gasteiger partial charge on any atom is -0.389 e. The molecule has 2 heterocycles. The predicted molar refractivity (Wildman–Crippen MR) is 76.1 cm³/mol. The molecule has 0 unspecified atom stereocenters. The van der Waals surface area contributed by atoms with Gasteiger partial charge in [0.15, 0.2) is 0 Å². The van der Waals surface area contributed by atoms with Gasteiger partial charge in [-0.1, -0.05) is 0 Å². The molecule has 0 amide bonds. The van der Waals surface area contributed by atoms with Crippen LogP contribution in [0.1, 0.15) is 29.0 Å². The Balaban J connectivity index is 1.95. The van der Waals surface area contributed by atoms with Crippen molar-refractivity contribution in [2.75, 3.05) is 11.4 Å². The number of aliphatic hydroxyl groups is 1. The maximum Gasteiger partial charge on any atom is 0.123 e. The van der Waals surface area contributed by atoms with Crippen LogP contribution in [0.3, 0.4) is 0 Å². The second kappa shape index (κ2) is 4.94. The van der Waals surface area contributed by atoms with Gasteiger partial charge < -0.3 is 10.0 Å². The minimum absolute atomic E-state index is 0.298. The van der Waals surface area contributed by atoms with Crippen LogP contribution in [0, 0.1) is 5.82 Å². The molecule has 2 aromatic rings. The van der Waals surface area contributed by atoms with Gasteiger partial charge in [0.25, 0.3) is 0 Å². The summed E-state index contributed by atoms with van der Waals surface area (Å²) in [6.07, 6.45) is 0.360. The number of benzene rings is 1. The van der Waals surface area contributed by atoms with E-state index in [9.17, 15) is 9.50 Å². The van der Waals surface area contributed by atoms with Crippen LogP contribution in [0.25, 0.3) is 0 Å². The number of aliphatic hydroxyl groups excluding tert-OH is 1. The van der Waals surface area contributed by atoms with Crippen molar-refractivity contribution < 1.29 is 9.50 Å². The molecule has 2 nitrogen and oxygen atoms in total. The fraction of sp³-hybridized carbons (Fsp3) is 0.333. The Morgan fingerprint density at radius 3 is 3.00 bits per heavy atom. The molecule has 4 heteroatoms. The van der Waals surface area contributed by atoms with Gasteiger partial charge in [0.2, 0.25) is 0 Å². The van der Waals surface area contributed by atoms with Gasteiger partial charge in [0, 0.05) is 29.2 Å². The van der Waals surface area contributed by atoms with Crippen molar-refractivity contribution >= 4 is 17.0 Å². The smallest absolute Gasteiger partial charge is 0.123 e. The van der Waals surface area contributed by atoms with Crippen molar-refractivity contribution in [3.05, 3.63) is 51.5 Å². The Morgan fingerprint density at radius 1 is 1.37 bits per heavy atom. The second-order valence-corrected chi connectivity index (χ2v) is 5.92. The summed E-state index contributed by atoms with van der Waals surface area (Å²) < 4.78 is 13.3. The SMILES string of the molecule is C[C@@H](O)c1cc(F)ccc1N1CCc2sccc2C1. The van der Waals surface area contributed by atoms with E-state index >= 15 is 0 Å². The highest BCUT2D eigenvalue weighted by molar-refractivity contribution is 7.10. The lowest BCUT2D eigenvalue weighted by Gasteiger charge is -2.31. The first-order chi connectivity index (χ1) is 9.15. The summed E-state index contributed by atoms with van der Waals surface area (Å²) in [6.45, 7) is 3.43. The highest BCUT2D eigenvalue weighted by atomic mass is 32.1. The molecule has 1 aromatic heterocycles. The summed E-state index contributed by atoms with van der Waals surface area (Å²) in [5, 5.41) is 11.9. The van der Waals surface area contributed by atoms with E-state index in [4.69, 9.17) is 0 Å². The van der Waals surface area contributed by atoms with E-state index in [0.29, 0.717) is 5.56 Å². The Bertz CT molecular complexity index is 594. The molecule has 0 spiro atoms. The molecule has 1 N–H and O–H groups in total. The van der Waals surface area contributed by atoms with E-state index in [2.05, 4.69) is 16.3 Å². The highest BCUT2D eigenvalue weighted by Gasteiger charge is 2.21. The van der Waals surface area contributed by atoms with Gasteiger partial charge in [-0.2, -0.15) is 0 Å². The van der Waals surface area contributed by atoms with Gasteiger partial charge in [-0.3, -0.25) is 0 Å². The third kappa shape index (κ3) is 2.38. The van der Waals surface area contributed by atoms with Crippen molar-refractivity contribution in [1.29, 1.82) is 0 Å². The number of hydrogen-bond acceptors (Lipinski definition) is 3. The van der Waals surface area contributed by atoms with Crippen LogP contribution < -0.4 is 4.90 Å². The lowest BCUT2D eigenvalue weighted by atomic mass is 10.0. The van der Waals surface area contributed by atoms with Crippen LogP contribution >= 0.6 is 11.3 Å². The monoisotopic (exact) mass is 277 g/mol. The van der Waals surface area contributed by atoms with Crippen LogP contribution in [-0.4, -0.2) is 11.7 Å². The molecule has 1 aliphatic heterocycles. The van der Waals surface area contributed by atoms with Gasteiger partial charge in [-0.15, -0.1) is 11.3 Å². The largest absolute Gasteiger partial charge is 0.389 e. The fourth-order valence-corrected chi connectivity index (χ4v) is 3.49. The van der Waals surface area contributed by atoms with Crippen molar-refractivity contribution in [2.24, 2.45) is 0 Å². The van der Waals surface area contributed by atoms with Crippen LogP contribution in [-0.2, 0) is 13.0 Å². The van der Waals surface area contributed by atoms with Gasteiger partial charge in [0.1, 0.15) is 5.82 Å². The fourth-order valence-electron chi connectivity index (χ4n) is 2.60. The molecule has 0 saturated heterocycles. The molecule has 0 bridgehead atoms. The van der Waals surface area contributed by atoms with E-state index in [0.717, 1.165) is 25.2 Å². The van der Waals surface area contributed by atoms with E-state index in [1.54, 1.807) is 24.3 Å². The zero-order valence-electron chi connectivity index (χ0n) is 10.8. The molecule has 0 saturated carbocycles. The Labute approximate surface area is 116 Å². The number of thiophene rings is 1. The van der Waals surface area contributed by atoms with Crippen LogP contribution in [0.4, 0.5) is 10.1 Å². The molecular formula is C15H16FNOS. The third-order valence-electron chi connectivity index (χ3n) is 3.59. The van der Waals surface area contributed by atoms with E-state index in [1.807, 2.05) is 0 Å². The molecule has 1 aromatic carbocycles. The number of hydrogen-bond donors (Lipinski definition) is 1. The first-order valence-corrected chi connectivity index (χ1v) is 7.31. The van der Waals surface area contributed by atoms with Crippen LogP contribution in [0.15, 0.2) is 29.6 Å². The summed E-state index contributed by atoms with van der Waals surface area (Å²) in [6, 6.07) is 6.82. The first-order valence-electron chi connectivity index (χ1n) is 6.43. The molecule has 0 radical (unpaired) electrons. The lowest BCUT2D eigenvalue weighted by molar-refractivity contribution is 0.199. The molecule has 1 aliphatic rings. The Hall–Kier alpha value is -1.39. The standard InChI is InChI=1S/C15H16FNOS/c1-10(18)13-8-12(16)2-3-14(13)17-6-4-15-11(9-17)5-7-19-15/h2-3,5,7-8,10,18H,4,6,9H2,1H3/t10-/m1/s1. The van der Waals surface area contributed by atoms with Crippen molar-refractivity contribution in [3.8, 4) is 0 Å². The molecule has 100 valence electrons. The molecule has 0 fully saturated rings. The van der Waals surface area contributed by atoms with Crippen LogP contribution in [0.5, 0.6) is 0 Å². The Morgan fingerprint density at radius 2 is 2.21 bits per heavy atom. The first kappa shape index (κ1) is 12.6. The maximum absolute atomic E-state index is 13.3. The summed E-state index contributed by atoms with van der Waals surface area (Å²) in [5.41, 5.74) is 2.95. The lowest BCUT2D eigenvalue weighted by Crippen LogP contribution is -2.30. The molecule has 19 heavy (non-hydrogen) atoms. The van der Waals surface area contributed by atoms with Crippen molar-refractivity contribution in [1.82, 2.24) is 0 Å². The van der Waals surface area contributed by atoms with Gasteiger partial charge in [-0.25, -0.2) is 4.39 Å². The molecular weight excluding hydrogens is 261 g/mol. The number of fused-ring (bicyclic) bond motifs is 1. The van der Waals surface area contributed by atoms with E-state index in [1.165, 1.54) is 22.6 Å². The second-order valence-electron chi connectivity index (χ2n) is 4.92. The quantitative estimate of drug-likeness (QED) is 0.908. The maximum atomic E-state index is 13.3. The van der Waals surface area contributed by atoms with Gasteiger partial charge in [0.05, 0.1) is 6.10 Å². The number of anilines is 1. The summed E-state index contributed by atoms with van der Waals surface area (Å²) in [7, 11) is 0. The number of rotatable bonds is 2. The average Bonchev–Trinajstić information content (AvgIpc) is 2.85. The zero-order chi connectivity index (χ0) is 13.4.